The fraction of sp³-hybridized carbons (Fsp3) is 0.400. The number of aromatic nitrogens is 1. The van der Waals surface area contributed by atoms with Gasteiger partial charge >= 0.3 is 5.97 Å². The number of carboxylic acids is 1. The van der Waals surface area contributed by atoms with Gasteiger partial charge in [0.2, 0.25) is 0 Å². The number of hydrogen-bond acceptors (Lipinski definition) is 3. The molecule has 1 atom stereocenters. The Hall–Kier alpha value is -1.03. The van der Waals surface area contributed by atoms with Gasteiger partial charge in [0.15, 0.2) is 0 Å². The van der Waals surface area contributed by atoms with Crippen LogP contribution in [0.3, 0.4) is 0 Å². The van der Waals surface area contributed by atoms with Gasteiger partial charge in [-0.2, -0.15) is 0 Å². The minimum Gasteiger partial charge on any atom is -0.480 e. The molecule has 1 aromatic rings. The first-order chi connectivity index (χ1) is 6.61. The summed E-state index contributed by atoms with van der Waals surface area (Å²) in [5.41, 5.74) is 0. The maximum absolute atomic E-state index is 10.9. The summed E-state index contributed by atoms with van der Waals surface area (Å²) >= 11 is 1.29. The molecule has 0 amide bonds. The lowest BCUT2D eigenvalue weighted by Gasteiger charge is -2.14. The van der Waals surface area contributed by atoms with E-state index in [-0.39, 0.29) is 5.92 Å². The van der Waals surface area contributed by atoms with Crippen LogP contribution in [0, 0.1) is 5.92 Å². The van der Waals surface area contributed by atoms with Crippen molar-refractivity contribution in [2.45, 2.75) is 24.1 Å². The number of carboxylic acid groups (broad SMARTS) is 1. The maximum Gasteiger partial charge on any atom is 0.317 e. The minimum atomic E-state index is -0.782. The standard InChI is InChI=1S/C10H13NO2S/c1-7(2)9(10(12)13)14-8-5-3-4-6-11-8/h3-7,9H,1-2H3,(H,12,13)/t9-/m0/s1. The second-order valence-corrected chi connectivity index (χ2v) is 4.45. The molecule has 0 bridgehead atoms. The third-order valence-corrected chi connectivity index (χ3v) is 3.22. The summed E-state index contributed by atoms with van der Waals surface area (Å²) in [4.78, 5) is 15.0. The van der Waals surface area contributed by atoms with E-state index < -0.39 is 11.2 Å². The number of carbonyl (C=O) groups is 1. The van der Waals surface area contributed by atoms with E-state index in [2.05, 4.69) is 4.98 Å². The van der Waals surface area contributed by atoms with Crippen LogP contribution in [0.5, 0.6) is 0 Å². The highest BCUT2D eigenvalue weighted by Gasteiger charge is 2.22. The second-order valence-electron chi connectivity index (χ2n) is 3.29. The third-order valence-electron chi connectivity index (χ3n) is 1.73. The molecule has 0 fully saturated rings. The first-order valence-electron chi connectivity index (χ1n) is 4.41. The fourth-order valence-electron chi connectivity index (χ4n) is 1.02. The summed E-state index contributed by atoms with van der Waals surface area (Å²) in [6.07, 6.45) is 1.67. The Morgan fingerprint density at radius 1 is 1.50 bits per heavy atom. The van der Waals surface area contributed by atoms with Crippen LogP contribution in [0.25, 0.3) is 0 Å². The van der Waals surface area contributed by atoms with Crippen LogP contribution < -0.4 is 0 Å². The Morgan fingerprint density at radius 2 is 2.21 bits per heavy atom. The maximum atomic E-state index is 10.9. The van der Waals surface area contributed by atoms with E-state index in [9.17, 15) is 4.79 Å². The highest BCUT2D eigenvalue weighted by Crippen LogP contribution is 2.26. The van der Waals surface area contributed by atoms with Gasteiger partial charge in [-0.05, 0) is 18.1 Å². The molecule has 0 aliphatic heterocycles. The van der Waals surface area contributed by atoms with Gasteiger partial charge in [-0.1, -0.05) is 31.7 Å². The van der Waals surface area contributed by atoms with Gasteiger partial charge in [-0.15, -0.1) is 0 Å². The molecule has 0 radical (unpaired) electrons. The molecule has 0 spiro atoms. The third kappa shape index (κ3) is 3.03. The SMILES string of the molecule is CC(C)[C@H](Sc1ccccn1)C(=O)O. The Kier molecular flexibility index (Phi) is 3.95. The first kappa shape index (κ1) is 11.0. The molecule has 1 N–H and O–H groups in total. The number of nitrogens with zero attached hydrogens (tertiary/aromatic N) is 1. The van der Waals surface area contributed by atoms with Crippen molar-refractivity contribution in [3.63, 3.8) is 0 Å². The number of hydrogen-bond donors (Lipinski definition) is 1. The molecule has 1 aromatic heterocycles. The van der Waals surface area contributed by atoms with Crippen molar-refractivity contribution in [2.24, 2.45) is 5.92 Å². The monoisotopic (exact) mass is 211 g/mol. The van der Waals surface area contributed by atoms with E-state index >= 15 is 0 Å². The number of thioether (sulfide) groups is 1. The summed E-state index contributed by atoms with van der Waals surface area (Å²) in [5, 5.41) is 9.29. The summed E-state index contributed by atoms with van der Waals surface area (Å²) in [6.45, 7) is 3.80. The molecule has 14 heavy (non-hydrogen) atoms. The number of pyridine rings is 1. The van der Waals surface area contributed by atoms with Crippen molar-refractivity contribution in [1.29, 1.82) is 0 Å². The topological polar surface area (TPSA) is 50.2 Å². The molecule has 1 rings (SSSR count). The minimum absolute atomic E-state index is 0.0968. The Morgan fingerprint density at radius 3 is 2.64 bits per heavy atom. The second kappa shape index (κ2) is 5.00. The van der Waals surface area contributed by atoms with Crippen molar-refractivity contribution >= 4 is 17.7 Å². The highest BCUT2D eigenvalue weighted by molar-refractivity contribution is 8.00. The van der Waals surface area contributed by atoms with Gasteiger partial charge in [0.1, 0.15) is 5.25 Å². The summed E-state index contributed by atoms with van der Waals surface area (Å²) in [6, 6.07) is 5.49. The van der Waals surface area contributed by atoms with Crippen molar-refractivity contribution < 1.29 is 9.90 Å². The Bertz CT molecular complexity index is 300. The molecule has 0 aliphatic carbocycles. The van der Waals surface area contributed by atoms with Gasteiger partial charge in [0.25, 0.3) is 0 Å². The van der Waals surface area contributed by atoms with Crippen molar-refractivity contribution in [3.05, 3.63) is 24.4 Å². The van der Waals surface area contributed by atoms with Crippen molar-refractivity contribution in [2.75, 3.05) is 0 Å². The van der Waals surface area contributed by atoms with Gasteiger partial charge in [-0.25, -0.2) is 4.98 Å². The summed E-state index contributed by atoms with van der Waals surface area (Å²) < 4.78 is 0. The average molecular weight is 211 g/mol. The molecule has 0 aromatic carbocycles. The van der Waals surface area contributed by atoms with Crippen LogP contribution in [0.15, 0.2) is 29.4 Å². The number of aliphatic carboxylic acids is 1. The average Bonchev–Trinajstić information content (AvgIpc) is 2.15. The van der Waals surface area contributed by atoms with Gasteiger partial charge in [0.05, 0.1) is 5.03 Å². The quantitative estimate of drug-likeness (QED) is 0.776. The van der Waals surface area contributed by atoms with E-state index in [1.54, 1.807) is 6.20 Å². The molecule has 0 unspecified atom stereocenters. The van der Waals surface area contributed by atoms with E-state index in [0.29, 0.717) is 0 Å². The largest absolute Gasteiger partial charge is 0.480 e. The van der Waals surface area contributed by atoms with Gasteiger partial charge < -0.3 is 5.11 Å². The zero-order chi connectivity index (χ0) is 10.6. The zero-order valence-electron chi connectivity index (χ0n) is 8.18. The molecule has 0 saturated carbocycles. The molecule has 3 nitrogen and oxygen atoms in total. The van der Waals surface area contributed by atoms with E-state index in [0.717, 1.165) is 5.03 Å². The molecule has 76 valence electrons. The van der Waals surface area contributed by atoms with Gasteiger partial charge in [-0.3, -0.25) is 4.79 Å². The van der Waals surface area contributed by atoms with Crippen LogP contribution >= 0.6 is 11.8 Å². The van der Waals surface area contributed by atoms with E-state index in [1.807, 2.05) is 32.0 Å². The van der Waals surface area contributed by atoms with Crippen molar-refractivity contribution in [3.8, 4) is 0 Å². The lowest BCUT2D eigenvalue weighted by Crippen LogP contribution is -2.22. The smallest absolute Gasteiger partial charge is 0.317 e. The molecule has 1 heterocycles. The van der Waals surface area contributed by atoms with Gasteiger partial charge in [0, 0.05) is 6.20 Å². The van der Waals surface area contributed by atoms with Crippen LogP contribution in [0.4, 0.5) is 0 Å². The highest BCUT2D eigenvalue weighted by atomic mass is 32.2. The molecular weight excluding hydrogens is 198 g/mol. The summed E-state index contributed by atoms with van der Waals surface area (Å²) in [7, 11) is 0. The van der Waals surface area contributed by atoms with E-state index in [4.69, 9.17) is 5.11 Å². The lowest BCUT2D eigenvalue weighted by molar-refractivity contribution is -0.137. The van der Waals surface area contributed by atoms with E-state index in [1.165, 1.54) is 11.8 Å². The molecule has 0 saturated heterocycles. The summed E-state index contributed by atoms with van der Waals surface area (Å²) in [5.74, 6) is -0.685. The van der Waals surface area contributed by atoms with Crippen LogP contribution in [0.1, 0.15) is 13.8 Å². The van der Waals surface area contributed by atoms with Crippen molar-refractivity contribution in [1.82, 2.24) is 4.98 Å². The normalized spacial score (nSPS) is 12.8. The van der Waals surface area contributed by atoms with Crippen LogP contribution in [-0.4, -0.2) is 21.3 Å². The molecule has 4 heteroatoms. The Balaban J connectivity index is 2.70. The molecular formula is C10H13NO2S. The Labute approximate surface area is 87.6 Å². The predicted octanol–water partition coefficient (Wildman–Crippen LogP) is 2.28. The molecule has 0 aliphatic rings. The van der Waals surface area contributed by atoms with Crippen LogP contribution in [0.2, 0.25) is 0 Å². The van der Waals surface area contributed by atoms with Crippen LogP contribution in [-0.2, 0) is 4.79 Å². The number of rotatable bonds is 4. The lowest BCUT2D eigenvalue weighted by atomic mass is 10.1. The zero-order valence-corrected chi connectivity index (χ0v) is 8.99. The fourth-order valence-corrected chi connectivity index (χ4v) is 1.93. The first-order valence-corrected chi connectivity index (χ1v) is 5.29. The predicted molar refractivity (Wildman–Crippen MR) is 56.4 cm³/mol.